The molecule has 0 saturated heterocycles. The molecule has 2 heteroatoms. The van der Waals surface area contributed by atoms with Crippen LogP contribution < -0.4 is 0 Å². The summed E-state index contributed by atoms with van der Waals surface area (Å²) in [7, 11) is 0. The predicted molar refractivity (Wildman–Crippen MR) is 48.2 cm³/mol. The molecule has 0 aliphatic heterocycles. The summed E-state index contributed by atoms with van der Waals surface area (Å²) >= 11 is 5.89. The summed E-state index contributed by atoms with van der Waals surface area (Å²) in [4.78, 5) is 3.96. The molecule has 0 atom stereocenters. The van der Waals surface area contributed by atoms with Crippen LogP contribution in [0, 0.1) is 0 Å². The standard InChI is InChI=1S/C8H16ClN/c1-7(2,3)10-6-8(4,5)9/h6H,1-5H3. The predicted octanol–water partition coefficient (Wildman–Crippen LogP) is 2.87. The highest BCUT2D eigenvalue weighted by Gasteiger charge is 2.11. The molecule has 0 saturated carbocycles. The molecule has 0 N–H and O–H groups in total. The van der Waals surface area contributed by atoms with Gasteiger partial charge in [-0.2, -0.15) is 0 Å². The Kier molecular flexibility index (Phi) is 2.90. The van der Waals surface area contributed by atoms with E-state index in [-0.39, 0.29) is 10.4 Å². The van der Waals surface area contributed by atoms with Gasteiger partial charge in [0.25, 0.3) is 0 Å². The van der Waals surface area contributed by atoms with Gasteiger partial charge in [-0.15, -0.1) is 11.6 Å². The van der Waals surface area contributed by atoms with E-state index in [0.717, 1.165) is 0 Å². The van der Waals surface area contributed by atoms with Crippen LogP contribution in [0.3, 0.4) is 0 Å². The summed E-state index contributed by atoms with van der Waals surface area (Å²) in [6.45, 7) is 9.98. The van der Waals surface area contributed by atoms with Gasteiger partial charge in [0, 0.05) is 6.21 Å². The number of alkyl halides is 1. The van der Waals surface area contributed by atoms with Crippen molar-refractivity contribution in [1.29, 1.82) is 0 Å². The van der Waals surface area contributed by atoms with Gasteiger partial charge in [0.05, 0.1) is 10.4 Å². The Balaban J connectivity index is 4.01. The van der Waals surface area contributed by atoms with Gasteiger partial charge >= 0.3 is 0 Å². The Morgan fingerprint density at radius 3 is 1.60 bits per heavy atom. The first kappa shape index (κ1) is 9.96. The molecule has 60 valence electrons. The van der Waals surface area contributed by atoms with Crippen LogP contribution in [0.1, 0.15) is 34.6 Å². The second-order valence-electron chi connectivity index (χ2n) is 3.99. The minimum atomic E-state index is -0.312. The number of halogens is 1. The second-order valence-corrected chi connectivity index (χ2v) is 4.97. The van der Waals surface area contributed by atoms with Crippen LogP contribution in [0.2, 0.25) is 0 Å². The van der Waals surface area contributed by atoms with E-state index in [1.54, 1.807) is 6.21 Å². The van der Waals surface area contributed by atoms with Gasteiger partial charge in [-0.25, -0.2) is 0 Å². The quantitative estimate of drug-likeness (QED) is 0.414. The maximum atomic E-state index is 5.89. The summed E-state index contributed by atoms with van der Waals surface area (Å²) in [5, 5.41) is 0. The van der Waals surface area contributed by atoms with E-state index in [1.165, 1.54) is 0 Å². The second kappa shape index (κ2) is 2.91. The van der Waals surface area contributed by atoms with Gasteiger partial charge in [0.1, 0.15) is 0 Å². The van der Waals surface area contributed by atoms with E-state index in [0.29, 0.717) is 0 Å². The summed E-state index contributed by atoms with van der Waals surface area (Å²) in [5.74, 6) is 0. The molecule has 0 bridgehead atoms. The fourth-order valence-electron chi connectivity index (χ4n) is 0.347. The fourth-order valence-corrected chi connectivity index (χ4v) is 0.396. The van der Waals surface area contributed by atoms with Crippen LogP contribution in [0.25, 0.3) is 0 Å². The Labute approximate surface area is 68.5 Å². The summed E-state index contributed by atoms with van der Waals surface area (Å²) in [6.07, 6.45) is 1.79. The lowest BCUT2D eigenvalue weighted by Crippen LogP contribution is -2.17. The van der Waals surface area contributed by atoms with Crippen molar-refractivity contribution in [3.63, 3.8) is 0 Å². The van der Waals surface area contributed by atoms with Crippen LogP contribution >= 0.6 is 11.6 Å². The van der Waals surface area contributed by atoms with Crippen molar-refractivity contribution in [2.24, 2.45) is 4.99 Å². The van der Waals surface area contributed by atoms with Crippen LogP contribution in [-0.4, -0.2) is 16.6 Å². The van der Waals surface area contributed by atoms with E-state index < -0.39 is 0 Å². The summed E-state index contributed by atoms with van der Waals surface area (Å²) < 4.78 is 0. The molecular formula is C8H16ClN. The molecule has 0 amide bonds. The third-order valence-corrected chi connectivity index (χ3v) is 0.856. The summed E-state index contributed by atoms with van der Waals surface area (Å²) in [5.41, 5.74) is -0.00778. The van der Waals surface area contributed by atoms with Crippen LogP contribution in [0.15, 0.2) is 4.99 Å². The van der Waals surface area contributed by atoms with Crippen molar-refractivity contribution in [1.82, 2.24) is 0 Å². The maximum Gasteiger partial charge on any atom is 0.0736 e. The number of aliphatic imine (C=N–C) groups is 1. The highest BCUT2D eigenvalue weighted by Crippen LogP contribution is 2.12. The maximum absolute atomic E-state index is 5.89. The normalized spacial score (nSPS) is 14.6. The molecule has 0 unspecified atom stereocenters. The average molecular weight is 162 g/mol. The van der Waals surface area contributed by atoms with Crippen LogP contribution in [0.4, 0.5) is 0 Å². The van der Waals surface area contributed by atoms with Crippen molar-refractivity contribution in [2.45, 2.75) is 45.0 Å². The van der Waals surface area contributed by atoms with Gasteiger partial charge < -0.3 is 0 Å². The van der Waals surface area contributed by atoms with E-state index in [2.05, 4.69) is 4.99 Å². The molecule has 10 heavy (non-hydrogen) atoms. The smallest absolute Gasteiger partial charge is 0.0736 e. The van der Waals surface area contributed by atoms with E-state index in [4.69, 9.17) is 11.6 Å². The number of hydrogen-bond acceptors (Lipinski definition) is 1. The van der Waals surface area contributed by atoms with Gasteiger partial charge in [-0.05, 0) is 34.6 Å². The summed E-state index contributed by atoms with van der Waals surface area (Å²) in [6, 6.07) is 0. The lowest BCUT2D eigenvalue weighted by Gasteiger charge is -2.15. The van der Waals surface area contributed by atoms with E-state index in [9.17, 15) is 0 Å². The van der Waals surface area contributed by atoms with Gasteiger partial charge in [0.15, 0.2) is 0 Å². The minimum absolute atomic E-state index is 0.00778. The number of rotatable bonds is 1. The molecule has 0 aromatic heterocycles. The molecule has 0 radical (unpaired) electrons. The van der Waals surface area contributed by atoms with Crippen molar-refractivity contribution in [3.8, 4) is 0 Å². The van der Waals surface area contributed by atoms with E-state index in [1.807, 2.05) is 34.6 Å². The molecule has 0 aliphatic rings. The fraction of sp³-hybridized carbons (Fsp3) is 0.875. The molecule has 0 heterocycles. The molecule has 0 rings (SSSR count). The first-order valence-corrected chi connectivity index (χ1v) is 3.84. The molecular weight excluding hydrogens is 146 g/mol. The molecule has 0 spiro atoms. The molecule has 0 aromatic carbocycles. The molecule has 0 aromatic rings. The highest BCUT2D eigenvalue weighted by atomic mass is 35.5. The van der Waals surface area contributed by atoms with Crippen molar-refractivity contribution in [2.75, 3.05) is 0 Å². The van der Waals surface area contributed by atoms with Crippen molar-refractivity contribution >= 4 is 17.8 Å². The zero-order valence-electron chi connectivity index (χ0n) is 7.40. The first-order chi connectivity index (χ1) is 4.21. The zero-order valence-corrected chi connectivity index (χ0v) is 8.16. The van der Waals surface area contributed by atoms with E-state index >= 15 is 0 Å². The first-order valence-electron chi connectivity index (χ1n) is 3.46. The topological polar surface area (TPSA) is 12.4 Å². The lowest BCUT2D eigenvalue weighted by molar-refractivity contribution is 0.582. The lowest BCUT2D eigenvalue weighted by atomic mass is 10.1. The Morgan fingerprint density at radius 1 is 1.10 bits per heavy atom. The average Bonchev–Trinajstić information content (AvgIpc) is 1.57. The monoisotopic (exact) mass is 161 g/mol. The SMILES string of the molecule is CC(C)(Cl)C=NC(C)(C)C. The third-order valence-electron chi connectivity index (χ3n) is 0.759. The third kappa shape index (κ3) is 7.96. The zero-order chi connectivity index (χ0) is 8.41. The molecule has 1 nitrogen and oxygen atoms in total. The highest BCUT2D eigenvalue weighted by molar-refractivity contribution is 6.31. The van der Waals surface area contributed by atoms with Gasteiger partial charge in [-0.3, -0.25) is 4.99 Å². The van der Waals surface area contributed by atoms with Crippen molar-refractivity contribution in [3.05, 3.63) is 0 Å². The molecule has 0 aliphatic carbocycles. The Bertz CT molecular complexity index is 109. The largest absolute Gasteiger partial charge is 0.290 e. The van der Waals surface area contributed by atoms with Crippen LogP contribution in [-0.2, 0) is 0 Å². The van der Waals surface area contributed by atoms with Crippen LogP contribution in [0.5, 0.6) is 0 Å². The number of nitrogens with zero attached hydrogens (tertiary/aromatic N) is 1. The number of hydrogen-bond donors (Lipinski definition) is 0. The van der Waals surface area contributed by atoms with Gasteiger partial charge in [0.2, 0.25) is 0 Å². The Hall–Kier alpha value is -0.0400. The minimum Gasteiger partial charge on any atom is -0.290 e. The Morgan fingerprint density at radius 2 is 1.50 bits per heavy atom. The molecule has 0 fully saturated rings. The van der Waals surface area contributed by atoms with Crippen molar-refractivity contribution < 1.29 is 0 Å². The van der Waals surface area contributed by atoms with Gasteiger partial charge in [-0.1, -0.05) is 0 Å².